The second-order valence-corrected chi connectivity index (χ2v) is 10.8. The molecule has 4 aromatic rings. The van der Waals surface area contributed by atoms with E-state index in [0.29, 0.717) is 11.8 Å². The summed E-state index contributed by atoms with van der Waals surface area (Å²) in [6, 6.07) is 24.1. The lowest BCUT2D eigenvalue weighted by molar-refractivity contribution is -0.118. The van der Waals surface area contributed by atoms with Crippen molar-refractivity contribution in [2.24, 2.45) is 5.10 Å². The SMILES string of the molecule is CCOc1ccc(/C=N/NC(=O)CSc2nnc(-c3ccc(C(C)(C)C)cc3)n2-c2ccc(C)cc2)cc1. The van der Waals surface area contributed by atoms with Crippen LogP contribution in [0.15, 0.2) is 83.1 Å². The van der Waals surface area contributed by atoms with E-state index < -0.39 is 0 Å². The number of amides is 1. The normalized spacial score (nSPS) is 11.6. The summed E-state index contributed by atoms with van der Waals surface area (Å²) < 4.78 is 7.44. The fraction of sp³-hybridized carbons (Fsp3) is 0.267. The van der Waals surface area contributed by atoms with Gasteiger partial charge in [-0.15, -0.1) is 10.2 Å². The van der Waals surface area contributed by atoms with E-state index in [1.807, 2.05) is 47.9 Å². The minimum absolute atomic E-state index is 0.0624. The number of hydrazone groups is 1. The van der Waals surface area contributed by atoms with Crippen LogP contribution >= 0.6 is 11.8 Å². The Labute approximate surface area is 228 Å². The van der Waals surface area contributed by atoms with E-state index in [1.165, 1.54) is 17.3 Å². The summed E-state index contributed by atoms with van der Waals surface area (Å²) >= 11 is 1.32. The quantitative estimate of drug-likeness (QED) is 0.160. The van der Waals surface area contributed by atoms with Crippen molar-refractivity contribution < 1.29 is 9.53 Å². The fourth-order valence-corrected chi connectivity index (χ4v) is 4.50. The van der Waals surface area contributed by atoms with Crippen molar-refractivity contribution in [3.8, 4) is 22.8 Å². The highest BCUT2D eigenvalue weighted by Gasteiger charge is 2.19. The summed E-state index contributed by atoms with van der Waals surface area (Å²) in [4.78, 5) is 12.5. The third kappa shape index (κ3) is 6.89. The van der Waals surface area contributed by atoms with E-state index >= 15 is 0 Å². The Kier molecular flexibility index (Phi) is 8.63. The first kappa shape index (κ1) is 27.1. The number of rotatable bonds is 9. The van der Waals surface area contributed by atoms with Crippen LogP contribution in [-0.2, 0) is 10.2 Å². The molecule has 0 aliphatic carbocycles. The molecular weight excluding hydrogens is 494 g/mol. The highest BCUT2D eigenvalue weighted by molar-refractivity contribution is 7.99. The maximum absolute atomic E-state index is 12.5. The molecule has 38 heavy (non-hydrogen) atoms. The van der Waals surface area contributed by atoms with Gasteiger partial charge in [-0.1, -0.05) is 74.5 Å². The molecule has 7 nitrogen and oxygen atoms in total. The van der Waals surface area contributed by atoms with Gasteiger partial charge in [0, 0.05) is 11.3 Å². The highest BCUT2D eigenvalue weighted by Crippen LogP contribution is 2.30. The topological polar surface area (TPSA) is 81.4 Å². The van der Waals surface area contributed by atoms with E-state index in [-0.39, 0.29) is 17.1 Å². The van der Waals surface area contributed by atoms with E-state index in [0.717, 1.165) is 34.0 Å². The number of ether oxygens (including phenoxy) is 1. The predicted octanol–water partition coefficient (Wildman–Crippen LogP) is 6.18. The van der Waals surface area contributed by atoms with Gasteiger partial charge in [-0.25, -0.2) is 5.43 Å². The van der Waals surface area contributed by atoms with Crippen molar-refractivity contribution in [3.05, 3.63) is 89.5 Å². The van der Waals surface area contributed by atoms with Crippen molar-refractivity contribution in [1.29, 1.82) is 0 Å². The van der Waals surface area contributed by atoms with E-state index in [1.54, 1.807) is 6.21 Å². The maximum atomic E-state index is 12.5. The summed E-state index contributed by atoms with van der Waals surface area (Å²) in [7, 11) is 0. The van der Waals surface area contributed by atoms with Gasteiger partial charge >= 0.3 is 0 Å². The van der Waals surface area contributed by atoms with Crippen LogP contribution < -0.4 is 10.2 Å². The third-order valence-corrected chi connectivity index (χ3v) is 6.79. The zero-order valence-corrected chi connectivity index (χ0v) is 23.2. The average molecular weight is 528 g/mol. The first-order chi connectivity index (χ1) is 18.2. The fourth-order valence-electron chi connectivity index (χ4n) is 3.75. The molecule has 1 aromatic heterocycles. The first-order valence-corrected chi connectivity index (χ1v) is 13.5. The summed E-state index contributed by atoms with van der Waals surface area (Å²) in [6.07, 6.45) is 1.60. The van der Waals surface area contributed by atoms with Gasteiger partial charge in [-0.2, -0.15) is 5.10 Å². The zero-order valence-electron chi connectivity index (χ0n) is 22.4. The molecule has 1 amide bonds. The van der Waals surface area contributed by atoms with Crippen LogP contribution in [0.25, 0.3) is 17.1 Å². The number of carbonyl (C=O) groups is 1. The van der Waals surface area contributed by atoms with Crippen molar-refractivity contribution in [2.45, 2.75) is 45.2 Å². The van der Waals surface area contributed by atoms with Crippen molar-refractivity contribution in [2.75, 3.05) is 12.4 Å². The third-order valence-electron chi connectivity index (χ3n) is 5.86. The monoisotopic (exact) mass is 527 g/mol. The number of carbonyl (C=O) groups excluding carboxylic acids is 1. The Morgan fingerprint density at radius 2 is 1.68 bits per heavy atom. The Morgan fingerprint density at radius 3 is 2.32 bits per heavy atom. The van der Waals surface area contributed by atoms with Crippen LogP contribution in [-0.4, -0.2) is 39.2 Å². The summed E-state index contributed by atoms with van der Waals surface area (Å²) in [5.74, 6) is 1.44. The van der Waals surface area contributed by atoms with Gasteiger partial charge in [-0.3, -0.25) is 9.36 Å². The number of thioether (sulfide) groups is 1. The van der Waals surface area contributed by atoms with E-state index in [9.17, 15) is 4.79 Å². The van der Waals surface area contributed by atoms with Crippen molar-refractivity contribution >= 4 is 23.9 Å². The van der Waals surface area contributed by atoms with Crippen LogP contribution in [0.3, 0.4) is 0 Å². The number of hydrogen-bond donors (Lipinski definition) is 1. The first-order valence-electron chi connectivity index (χ1n) is 12.6. The summed E-state index contributed by atoms with van der Waals surface area (Å²) in [5, 5.41) is 13.6. The zero-order chi connectivity index (χ0) is 27.1. The number of nitrogens with zero attached hydrogens (tertiary/aromatic N) is 4. The molecule has 196 valence electrons. The predicted molar refractivity (Wildman–Crippen MR) is 154 cm³/mol. The Morgan fingerprint density at radius 1 is 1.00 bits per heavy atom. The largest absolute Gasteiger partial charge is 0.494 e. The van der Waals surface area contributed by atoms with Crippen LogP contribution in [0.4, 0.5) is 0 Å². The van der Waals surface area contributed by atoms with Crippen LogP contribution in [0.5, 0.6) is 5.75 Å². The van der Waals surface area contributed by atoms with Gasteiger partial charge in [0.05, 0.1) is 18.6 Å². The lowest BCUT2D eigenvalue weighted by Gasteiger charge is -2.19. The number of nitrogens with one attached hydrogen (secondary N) is 1. The molecule has 0 spiro atoms. The lowest BCUT2D eigenvalue weighted by Crippen LogP contribution is -2.20. The van der Waals surface area contributed by atoms with Gasteiger partial charge in [0.2, 0.25) is 0 Å². The van der Waals surface area contributed by atoms with Gasteiger partial charge in [0.25, 0.3) is 5.91 Å². The van der Waals surface area contributed by atoms with Crippen molar-refractivity contribution in [1.82, 2.24) is 20.2 Å². The standard InChI is InChI=1S/C30H33N5O2S/c1-6-37-26-17-9-22(10-18-26)19-31-32-27(36)20-38-29-34-33-28(35(29)25-15-7-21(2)8-16-25)23-11-13-24(14-12-23)30(3,4)5/h7-19H,6,20H2,1-5H3,(H,32,36)/b31-19+. The minimum Gasteiger partial charge on any atom is -0.494 e. The van der Waals surface area contributed by atoms with Crippen LogP contribution in [0.2, 0.25) is 0 Å². The van der Waals surface area contributed by atoms with Gasteiger partial charge in [-0.05, 0) is 66.8 Å². The van der Waals surface area contributed by atoms with Crippen LogP contribution in [0.1, 0.15) is 44.4 Å². The van der Waals surface area contributed by atoms with Gasteiger partial charge < -0.3 is 4.74 Å². The maximum Gasteiger partial charge on any atom is 0.250 e. The molecule has 4 rings (SSSR count). The lowest BCUT2D eigenvalue weighted by atomic mass is 9.87. The van der Waals surface area contributed by atoms with Gasteiger partial charge in [0.1, 0.15) is 5.75 Å². The smallest absolute Gasteiger partial charge is 0.250 e. The number of hydrogen-bond acceptors (Lipinski definition) is 6. The van der Waals surface area contributed by atoms with Gasteiger partial charge in [0.15, 0.2) is 11.0 Å². The molecule has 1 N–H and O–H groups in total. The molecule has 0 unspecified atom stereocenters. The highest BCUT2D eigenvalue weighted by atomic mass is 32.2. The molecule has 0 saturated carbocycles. The Balaban J connectivity index is 1.49. The molecule has 0 aliphatic rings. The molecule has 0 aliphatic heterocycles. The molecule has 0 fully saturated rings. The molecule has 0 saturated heterocycles. The molecule has 0 radical (unpaired) electrons. The Hall–Kier alpha value is -3.91. The Bertz CT molecular complexity index is 1390. The molecular formula is C30H33N5O2S. The van der Waals surface area contributed by atoms with E-state index in [2.05, 4.69) is 84.8 Å². The van der Waals surface area contributed by atoms with Crippen LogP contribution in [0, 0.1) is 6.92 Å². The number of aromatic nitrogens is 3. The molecule has 0 bridgehead atoms. The summed E-state index contributed by atoms with van der Waals surface area (Å²) in [6.45, 7) is 11.2. The number of aryl methyl sites for hydroxylation is 1. The second-order valence-electron chi connectivity index (χ2n) is 9.89. The average Bonchev–Trinajstić information content (AvgIpc) is 3.33. The summed E-state index contributed by atoms with van der Waals surface area (Å²) in [5.41, 5.74) is 7.82. The minimum atomic E-state index is -0.230. The van der Waals surface area contributed by atoms with Crippen molar-refractivity contribution in [3.63, 3.8) is 0 Å². The molecule has 1 heterocycles. The molecule has 8 heteroatoms. The van der Waals surface area contributed by atoms with E-state index in [4.69, 9.17) is 4.74 Å². The second kappa shape index (κ2) is 12.1. The number of benzene rings is 3. The molecule has 0 atom stereocenters. The molecule has 3 aromatic carbocycles.